The van der Waals surface area contributed by atoms with Crippen LogP contribution in [0, 0.1) is 15.5 Å². The molecule has 11 heteroatoms. The molecule has 8 nitrogen and oxygen atoms in total. The Morgan fingerprint density at radius 3 is 1.94 bits per heavy atom. The van der Waals surface area contributed by atoms with Crippen molar-refractivity contribution in [3.63, 3.8) is 0 Å². The van der Waals surface area contributed by atoms with Gasteiger partial charge in [0.15, 0.2) is 5.92 Å². The average Bonchev–Trinajstić information content (AvgIpc) is 3.32. The molecular weight excluding hydrogens is 537 g/mol. The lowest BCUT2D eigenvalue weighted by Crippen LogP contribution is -2.26. The van der Waals surface area contributed by atoms with Gasteiger partial charge in [0.2, 0.25) is 11.9 Å². The second kappa shape index (κ2) is 10.5. The van der Waals surface area contributed by atoms with E-state index >= 15 is 0 Å². The van der Waals surface area contributed by atoms with Gasteiger partial charge >= 0.3 is 11.9 Å². The van der Waals surface area contributed by atoms with Gasteiger partial charge in [-0.1, -0.05) is 6.07 Å². The lowest BCUT2D eigenvalue weighted by Gasteiger charge is -2.14. The van der Waals surface area contributed by atoms with Gasteiger partial charge in [0.1, 0.15) is 0 Å². The highest BCUT2D eigenvalue weighted by Crippen LogP contribution is 2.25. The molecule has 2 heterocycles. The zero-order valence-electron chi connectivity index (χ0n) is 17.1. The number of H-pyrrole nitrogens is 2. The van der Waals surface area contributed by atoms with Crippen LogP contribution in [-0.2, 0) is 19.1 Å². The number of esters is 2. The number of aromatic amines is 2. The van der Waals surface area contributed by atoms with E-state index in [2.05, 4.69) is 43.0 Å². The Balaban J connectivity index is 0.000000219. The predicted octanol–water partition coefficient (Wildman–Crippen LogP) is 4.22. The number of hydrogen-bond donors (Lipinski definition) is 2. The van der Waals surface area contributed by atoms with Gasteiger partial charge in [0, 0.05) is 3.57 Å². The number of ether oxygens (including phenoxy) is 2. The fourth-order valence-corrected chi connectivity index (χ4v) is 3.44. The molecule has 0 radical (unpaired) electrons. The highest BCUT2D eigenvalue weighted by molar-refractivity contribution is 14.1. The molecule has 0 bridgehead atoms. The Labute approximate surface area is 194 Å². The van der Waals surface area contributed by atoms with E-state index in [0.29, 0.717) is 22.0 Å². The second-order valence-corrected chi connectivity index (χ2v) is 7.70. The summed E-state index contributed by atoms with van der Waals surface area (Å²) in [5.74, 6) is -3.67. The summed E-state index contributed by atoms with van der Waals surface area (Å²) in [7, 11) is 0. The largest absolute Gasteiger partial charge is 0.465 e. The molecule has 0 amide bonds. The zero-order chi connectivity index (χ0) is 23.3. The van der Waals surface area contributed by atoms with Gasteiger partial charge in [-0.2, -0.15) is 19.0 Å². The first-order valence-corrected chi connectivity index (χ1v) is 10.7. The van der Waals surface area contributed by atoms with E-state index in [4.69, 9.17) is 9.47 Å². The third-order valence-electron chi connectivity index (χ3n) is 4.38. The van der Waals surface area contributed by atoms with Crippen LogP contribution in [0.4, 0.5) is 8.78 Å². The highest BCUT2D eigenvalue weighted by Gasteiger charge is 2.31. The molecule has 0 saturated carbocycles. The van der Waals surface area contributed by atoms with Crippen molar-refractivity contribution in [1.82, 2.24) is 20.4 Å². The molecule has 2 aromatic heterocycles. The van der Waals surface area contributed by atoms with Crippen LogP contribution in [0.2, 0.25) is 0 Å². The maximum absolute atomic E-state index is 13.5. The van der Waals surface area contributed by atoms with Gasteiger partial charge in [-0.25, -0.2) is 0 Å². The fourth-order valence-electron chi connectivity index (χ4n) is 2.95. The molecule has 0 saturated heterocycles. The van der Waals surface area contributed by atoms with Crippen LogP contribution in [0.15, 0.2) is 36.4 Å². The van der Waals surface area contributed by atoms with Crippen molar-refractivity contribution < 1.29 is 27.8 Å². The maximum atomic E-state index is 13.5. The topological polar surface area (TPSA) is 110 Å². The molecular formula is C21H19F2IN4O4. The van der Waals surface area contributed by atoms with E-state index < -0.39 is 23.8 Å². The molecule has 0 spiro atoms. The molecule has 0 fully saturated rings. The minimum absolute atomic E-state index is 0.136. The van der Waals surface area contributed by atoms with Gasteiger partial charge in [-0.15, -0.1) is 0 Å². The van der Waals surface area contributed by atoms with Crippen molar-refractivity contribution in [2.75, 3.05) is 13.2 Å². The third-order valence-corrected chi connectivity index (χ3v) is 5.05. The van der Waals surface area contributed by atoms with E-state index in [-0.39, 0.29) is 24.5 Å². The number of fused-ring (bicyclic) bond motifs is 2. The molecule has 0 aliphatic rings. The molecule has 4 rings (SSSR count). The quantitative estimate of drug-likeness (QED) is 0.217. The summed E-state index contributed by atoms with van der Waals surface area (Å²) < 4.78 is 37.1. The average molecular weight is 556 g/mol. The number of aromatic nitrogens is 4. The number of carbonyl (C=O) groups excluding carboxylic acids is 2. The van der Waals surface area contributed by atoms with E-state index in [0.717, 1.165) is 3.57 Å². The molecule has 2 N–H and O–H groups in total. The first-order valence-electron chi connectivity index (χ1n) is 9.61. The molecule has 4 aromatic rings. The van der Waals surface area contributed by atoms with Crippen molar-refractivity contribution in [3.05, 3.63) is 57.4 Å². The lowest BCUT2D eigenvalue weighted by atomic mass is 9.98. The second-order valence-electron chi connectivity index (χ2n) is 6.45. The fraction of sp³-hybridized carbons (Fsp3) is 0.238. The summed E-state index contributed by atoms with van der Waals surface area (Å²) in [6.45, 7) is 3.55. The molecule has 0 aliphatic heterocycles. The van der Waals surface area contributed by atoms with Crippen molar-refractivity contribution >= 4 is 56.3 Å². The summed E-state index contributed by atoms with van der Waals surface area (Å²) in [5, 5.41) is 12.7. The number of benzene rings is 2. The number of nitrogens with one attached hydrogen (secondary N) is 2. The van der Waals surface area contributed by atoms with Gasteiger partial charge in [-0.05, 0) is 72.3 Å². The van der Waals surface area contributed by atoms with Crippen LogP contribution in [0.1, 0.15) is 25.3 Å². The Morgan fingerprint density at radius 1 is 0.906 bits per heavy atom. The van der Waals surface area contributed by atoms with Crippen LogP contribution in [0.3, 0.4) is 0 Å². The van der Waals surface area contributed by atoms with E-state index in [1.54, 1.807) is 26.0 Å². The van der Waals surface area contributed by atoms with Crippen molar-refractivity contribution in [2.45, 2.75) is 19.8 Å². The Bertz CT molecular complexity index is 1240. The van der Waals surface area contributed by atoms with Crippen LogP contribution in [-0.4, -0.2) is 45.5 Å². The smallest absolute Gasteiger partial charge is 0.324 e. The van der Waals surface area contributed by atoms with Gasteiger partial charge in [-0.3, -0.25) is 19.8 Å². The normalized spacial score (nSPS) is 10.8. The maximum Gasteiger partial charge on any atom is 0.324 e. The first-order chi connectivity index (χ1) is 15.3. The van der Waals surface area contributed by atoms with E-state index in [1.165, 1.54) is 18.2 Å². The van der Waals surface area contributed by atoms with E-state index in [1.807, 2.05) is 6.07 Å². The Kier molecular flexibility index (Phi) is 7.72. The van der Waals surface area contributed by atoms with Gasteiger partial charge < -0.3 is 9.47 Å². The van der Waals surface area contributed by atoms with Crippen molar-refractivity contribution in [2.24, 2.45) is 0 Å². The summed E-state index contributed by atoms with van der Waals surface area (Å²) in [6, 6.07) is 9.89. The van der Waals surface area contributed by atoms with Gasteiger partial charge in [0.25, 0.3) is 0 Å². The van der Waals surface area contributed by atoms with Gasteiger partial charge in [0.05, 0.1) is 35.0 Å². The first kappa shape index (κ1) is 23.6. The van der Waals surface area contributed by atoms with Crippen LogP contribution < -0.4 is 0 Å². The summed E-state index contributed by atoms with van der Waals surface area (Å²) in [5.41, 5.74) is 1.38. The van der Waals surface area contributed by atoms with E-state index in [9.17, 15) is 18.4 Å². The van der Waals surface area contributed by atoms with Crippen LogP contribution >= 0.6 is 22.6 Å². The Morgan fingerprint density at radius 2 is 1.41 bits per heavy atom. The molecule has 0 unspecified atom stereocenters. The minimum Gasteiger partial charge on any atom is -0.465 e. The number of hydrogen-bond acceptors (Lipinski definition) is 6. The third kappa shape index (κ3) is 5.21. The number of rotatable bonds is 5. The summed E-state index contributed by atoms with van der Waals surface area (Å²) in [4.78, 5) is 24.0. The predicted molar refractivity (Wildman–Crippen MR) is 121 cm³/mol. The van der Waals surface area contributed by atoms with Crippen LogP contribution in [0.25, 0.3) is 21.8 Å². The van der Waals surface area contributed by atoms with Crippen molar-refractivity contribution in [1.29, 1.82) is 0 Å². The molecule has 2 aromatic carbocycles. The number of nitrogens with zero attached hydrogens (tertiary/aromatic N) is 2. The molecule has 32 heavy (non-hydrogen) atoms. The minimum atomic E-state index is -1.23. The highest BCUT2D eigenvalue weighted by atomic mass is 127. The number of carbonyl (C=O) groups is 2. The molecule has 168 valence electrons. The number of halogens is 3. The summed E-state index contributed by atoms with van der Waals surface area (Å²) >= 11 is 2.13. The SMILES string of the molecule is CCOC(=O)C(C(=O)OCC)c1ccc2n[nH]c(F)c2c1.Fc1[nH]nc2ccc(I)cc12. The lowest BCUT2D eigenvalue weighted by molar-refractivity contribution is -0.156. The molecule has 0 aliphatic carbocycles. The van der Waals surface area contributed by atoms with Crippen LogP contribution in [0.5, 0.6) is 0 Å². The zero-order valence-corrected chi connectivity index (χ0v) is 19.3. The Hall–Kier alpha value is -3.09. The summed E-state index contributed by atoms with van der Waals surface area (Å²) in [6.07, 6.45) is 0. The monoisotopic (exact) mass is 556 g/mol. The standard InChI is InChI=1S/C14H15FN2O4.C7H4FIN2/c1-3-20-13(18)11(14(19)21-4-2)8-5-6-10-9(7-8)12(15)17-16-10;8-7-5-3-4(9)1-2-6(5)10-11-7/h5-7,11H,3-4H2,1-2H3,(H,16,17);1-3H,(H,10,11). The van der Waals surface area contributed by atoms with Crippen molar-refractivity contribution in [3.8, 4) is 0 Å². The molecule has 0 atom stereocenters.